The lowest BCUT2D eigenvalue weighted by Gasteiger charge is -2.27. The van der Waals surface area contributed by atoms with Gasteiger partial charge in [-0.3, -0.25) is 4.79 Å². The lowest BCUT2D eigenvalue weighted by molar-refractivity contribution is -0.121. The van der Waals surface area contributed by atoms with Gasteiger partial charge in [-0.25, -0.2) is 0 Å². The van der Waals surface area contributed by atoms with E-state index in [9.17, 15) is 4.79 Å². The quantitative estimate of drug-likeness (QED) is 0.932. The first kappa shape index (κ1) is 15.0. The van der Waals surface area contributed by atoms with Crippen LogP contribution >= 0.6 is 0 Å². The molecule has 0 unspecified atom stereocenters. The van der Waals surface area contributed by atoms with E-state index >= 15 is 0 Å². The number of nitrogens with zero attached hydrogens (tertiary/aromatic N) is 1. The van der Waals surface area contributed by atoms with E-state index in [1.165, 1.54) is 36.9 Å². The summed E-state index contributed by atoms with van der Waals surface area (Å²) in [7, 11) is 0. The maximum Gasteiger partial charge on any atom is 0.239 e. The van der Waals surface area contributed by atoms with E-state index in [-0.39, 0.29) is 11.9 Å². The molecule has 1 spiro atoms. The summed E-state index contributed by atoms with van der Waals surface area (Å²) in [6, 6.07) is 8.98. The van der Waals surface area contributed by atoms with Gasteiger partial charge >= 0.3 is 0 Å². The molecule has 2 aliphatic heterocycles. The summed E-state index contributed by atoms with van der Waals surface area (Å²) in [6.45, 7) is 3.02. The van der Waals surface area contributed by atoms with Gasteiger partial charge in [-0.1, -0.05) is 31.0 Å². The van der Waals surface area contributed by atoms with Crippen molar-refractivity contribution in [2.24, 2.45) is 0 Å². The van der Waals surface area contributed by atoms with Crippen molar-refractivity contribution in [2.45, 2.75) is 50.0 Å². The Morgan fingerprint density at radius 3 is 2.74 bits per heavy atom. The van der Waals surface area contributed by atoms with Crippen LogP contribution in [0.2, 0.25) is 0 Å². The minimum atomic E-state index is 0.154. The number of nitrogens with one attached hydrogen (secondary N) is 1. The Morgan fingerprint density at radius 1 is 1.22 bits per heavy atom. The number of carbonyl (C=O) groups is 1. The van der Waals surface area contributed by atoms with Gasteiger partial charge in [-0.15, -0.1) is 0 Å². The summed E-state index contributed by atoms with van der Waals surface area (Å²) >= 11 is 0. The predicted molar refractivity (Wildman–Crippen MR) is 90.8 cm³/mol. The number of rotatable bonds is 3. The zero-order valence-corrected chi connectivity index (χ0v) is 13.7. The molecule has 4 rings (SSSR count). The van der Waals surface area contributed by atoms with Gasteiger partial charge in [0.05, 0.1) is 6.54 Å². The first-order valence-corrected chi connectivity index (χ1v) is 8.98. The smallest absolute Gasteiger partial charge is 0.239 e. The molecule has 0 radical (unpaired) electrons. The van der Waals surface area contributed by atoms with Crippen LogP contribution in [0.15, 0.2) is 24.3 Å². The Kier molecular flexibility index (Phi) is 4.02. The molecule has 4 nitrogen and oxygen atoms in total. The highest BCUT2D eigenvalue weighted by Crippen LogP contribution is 2.50. The average molecular weight is 314 g/mol. The fourth-order valence-corrected chi connectivity index (χ4v) is 4.64. The lowest BCUT2D eigenvalue weighted by Crippen LogP contribution is -2.45. The van der Waals surface area contributed by atoms with Gasteiger partial charge in [0.15, 0.2) is 0 Å². The summed E-state index contributed by atoms with van der Waals surface area (Å²) in [5.41, 5.74) is 3.04. The van der Waals surface area contributed by atoms with Crippen molar-refractivity contribution >= 4 is 11.6 Å². The highest BCUT2D eigenvalue weighted by molar-refractivity contribution is 5.83. The van der Waals surface area contributed by atoms with Crippen LogP contribution in [0, 0.1) is 0 Å². The number of anilines is 1. The molecule has 1 saturated heterocycles. The molecular formula is C19H26N2O2. The summed E-state index contributed by atoms with van der Waals surface area (Å²) in [5, 5.41) is 3.19. The first-order chi connectivity index (χ1) is 11.3. The average Bonchev–Trinajstić information content (AvgIpc) is 3.16. The Morgan fingerprint density at radius 2 is 1.96 bits per heavy atom. The van der Waals surface area contributed by atoms with Crippen molar-refractivity contribution < 1.29 is 9.53 Å². The van der Waals surface area contributed by atoms with Crippen LogP contribution in [0.3, 0.4) is 0 Å². The van der Waals surface area contributed by atoms with Gasteiger partial charge in [-0.05, 0) is 37.3 Å². The second-order valence-corrected chi connectivity index (χ2v) is 7.31. The number of fused-ring (bicyclic) bond motifs is 2. The van der Waals surface area contributed by atoms with Crippen LogP contribution < -0.4 is 10.2 Å². The van der Waals surface area contributed by atoms with E-state index < -0.39 is 0 Å². The van der Waals surface area contributed by atoms with Crippen molar-refractivity contribution in [1.82, 2.24) is 5.32 Å². The molecule has 3 aliphatic rings. The predicted octanol–water partition coefficient (Wildman–Crippen LogP) is 2.61. The number of para-hydroxylation sites is 1. The highest BCUT2D eigenvalue weighted by Gasteiger charge is 2.44. The topological polar surface area (TPSA) is 41.6 Å². The van der Waals surface area contributed by atoms with Gasteiger partial charge in [0, 0.05) is 36.9 Å². The molecule has 1 saturated carbocycles. The second-order valence-electron chi connectivity index (χ2n) is 7.31. The Hall–Kier alpha value is -1.55. The second kappa shape index (κ2) is 6.16. The molecule has 0 aromatic heterocycles. The van der Waals surface area contributed by atoms with Crippen LogP contribution in [-0.4, -0.2) is 38.3 Å². The maximum atomic E-state index is 12.5. The standard InChI is InChI=1S/C19H26N2O2/c22-18(20-15-7-11-23-12-8-15)13-21-14-19(9-3-4-10-19)16-5-1-2-6-17(16)21/h1-2,5-6,15H,3-4,7-14H2,(H,20,22). The summed E-state index contributed by atoms with van der Waals surface area (Å²) in [6.07, 6.45) is 7.04. The van der Waals surface area contributed by atoms with E-state index in [1.54, 1.807) is 0 Å². The van der Waals surface area contributed by atoms with Crippen molar-refractivity contribution in [2.75, 3.05) is 31.2 Å². The molecule has 1 N–H and O–H groups in total. The zero-order valence-electron chi connectivity index (χ0n) is 13.7. The zero-order chi connectivity index (χ0) is 15.7. The Labute approximate surface area is 138 Å². The highest BCUT2D eigenvalue weighted by atomic mass is 16.5. The lowest BCUT2D eigenvalue weighted by atomic mass is 9.81. The molecule has 0 bridgehead atoms. The van der Waals surface area contributed by atoms with Crippen molar-refractivity contribution in [3.05, 3.63) is 29.8 Å². The van der Waals surface area contributed by atoms with Gasteiger partial charge in [0.25, 0.3) is 0 Å². The minimum Gasteiger partial charge on any atom is -0.381 e. The van der Waals surface area contributed by atoms with Crippen molar-refractivity contribution in [1.29, 1.82) is 0 Å². The number of hydrogen-bond donors (Lipinski definition) is 1. The third kappa shape index (κ3) is 2.85. The van der Waals surface area contributed by atoms with Crippen LogP contribution in [0.25, 0.3) is 0 Å². The molecule has 4 heteroatoms. The third-order valence-electron chi connectivity index (χ3n) is 5.79. The molecule has 1 aliphatic carbocycles. The molecular weight excluding hydrogens is 288 g/mol. The molecule has 0 atom stereocenters. The van der Waals surface area contributed by atoms with Gasteiger partial charge < -0.3 is 15.0 Å². The number of ether oxygens (including phenoxy) is 1. The third-order valence-corrected chi connectivity index (χ3v) is 5.79. The minimum absolute atomic E-state index is 0.154. The van der Waals surface area contributed by atoms with Crippen LogP contribution in [0.4, 0.5) is 5.69 Å². The number of benzene rings is 1. The molecule has 23 heavy (non-hydrogen) atoms. The number of carbonyl (C=O) groups excluding carboxylic acids is 1. The van der Waals surface area contributed by atoms with E-state index in [1.807, 2.05) is 0 Å². The summed E-state index contributed by atoms with van der Waals surface area (Å²) < 4.78 is 5.36. The monoisotopic (exact) mass is 314 g/mol. The Balaban J connectivity index is 1.46. The van der Waals surface area contributed by atoms with E-state index in [0.717, 1.165) is 32.6 Å². The van der Waals surface area contributed by atoms with Crippen LogP contribution in [0.5, 0.6) is 0 Å². The van der Waals surface area contributed by atoms with Gasteiger partial charge in [0.2, 0.25) is 5.91 Å². The van der Waals surface area contributed by atoms with Gasteiger partial charge in [0.1, 0.15) is 0 Å². The number of hydrogen-bond acceptors (Lipinski definition) is 3. The molecule has 124 valence electrons. The molecule has 2 heterocycles. The fourth-order valence-electron chi connectivity index (χ4n) is 4.64. The normalized spacial score (nSPS) is 23.2. The van der Waals surface area contributed by atoms with E-state index in [2.05, 4.69) is 34.5 Å². The fraction of sp³-hybridized carbons (Fsp3) is 0.632. The Bertz CT molecular complexity index is 574. The van der Waals surface area contributed by atoms with E-state index in [0.29, 0.717) is 12.0 Å². The van der Waals surface area contributed by atoms with E-state index in [4.69, 9.17) is 4.74 Å². The SMILES string of the molecule is O=C(CN1CC2(CCCC2)c2ccccc21)NC1CCOCC1. The maximum absolute atomic E-state index is 12.5. The molecule has 1 aromatic rings. The largest absolute Gasteiger partial charge is 0.381 e. The van der Waals surface area contributed by atoms with Gasteiger partial charge in [-0.2, -0.15) is 0 Å². The number of amides is 1. The first-order valence-electron chi connectivity index (χ1n) is 8.98. The van der Waals surface area contributed by atoms with Crippen molar-refractivity contribution in [3.8, 4) is 0 Å². The molecule has 1 aromatic carbocycles. The van der Waals surface area contributed by atoms with Crippen LogP contribution in [0.1, 0.15) is 44.1 Å². The summed E-state index contributed by atoms with van der Waals surface area (Å²) in [4.78, 5) is 14.8. The molecule has 1 amide bonds. The summed E-state index contributed by atoms with van der Waals surface area (Å²) in [5.74, 6) is 0.154. The molecule has 2 fully saturated rings. The van der Waals surface area contributed by atoms with Crippen LogP contribution in [-0.2, 0) is 14.9 Å². The van der Waals surface area contributed by atoms with Crippen molar-refractivity contribution in [3.63, 3.8) is 0 Å².